The number of benzene rings is 1. The summed E-state index contributed by atoms with van der Waals surface area (Å²) in [7, 11) is 0. The van der Waals surface area contributed by atoms with E-state index in [0.717, 1.165) is 18.7 Å². The lowest BCUT2D eigenvalue weighted by molar-refractivity contribution is 0.440. The lowest BCUT2D eigenvalue weighted by atomic mass is 9.93. The molecule has 0 fully saturated rings. The van der Waals surface area contributed by atoms with E-state index in [4.69, 9.17) is 11.5 Å². The number of aliphatic imine (C=N–C) groups is 1. The third-order valence-electron chi connectivity index (χ3n) is 3.24. The van der Waals surface area contributed by atoms with Gasteiger partial charge in [0.2, 0.25) is 0 Å². The minimum absolute atomic E-state index is 0.0586. The Morgan fingerprint density at radius 3 is 2.62 bits per heavy atom. The van der Waals surface area contributed by atoms with Gasteiger partial charge >= 0.3 is 0 Å². The first-order valence-electron chi connectivity index (χ1n) is 5.79. The molecule has 0 aliphatic carbocycles. The summed E-state index contributed by atoms with van der Waals surface area (Å²) in [6.45, 7) is 2.19. The van der Waals surface area contributed by atoms with Gasteiger partial charge < -0.3 is 11.5 Å². The van der Waals surface area contributed by atoms with Crippen molar-refractivity contribution < 1.29 is 0 Å². The molecule has 0 aromatic heterocycles. The molecule has 4 N–H and O–H groups in total. The van der Waals surface area contributed by atoms with Crippen molar-refractivity contribution >= 4 is 5.84 Å². The van der Waals surface area contributed by atoms with E-state index in [0.29, 0.717) is 5.92 Å². The molecule has 0 saturated carbocycles. The van der Waals surface area contributed by atoms with E-state index in [-0.39, 0.29) is 12.1 Å². The van der Waals surface area contributed by atoms with E-state index in [1.807, 2.05) is 18.2 Å². The number of amidine groups is 1. The van der Waals surface area contributed by atoms with E-state index in [9.17, 15) is 0 Å². The molecule has 1 aliphatic rings. The van der Waals surface area contributed by atoms with Crippen LogP contribution in [0.4, 0.5) is 0 Å². The van der Waals surface area contributed by atoms with Crippen LogP contribution in [0.15, 0.2) is 35.3 Å². The highest BCUT2D eigenvalue weighted by Crippen LogP contribution is 2.27. The Bertz CT molecular complexity index is 372. The quantitative estimate of drug-likeness (QED) is 0.811. The minimum Gasteiger partial charge on any atom is -0.387 e. The first-order chi connectivity index (χ1) is 7.66. The van der Waals surface area contributed by atoms with Crippen LogP contribution in [0.25, 0.3) is 0 Å². The van der Waals surface area contributed by atoms with Crippen LogP contribution in [0.5, 0.6) is 0 Å². The lowest BCUT2D eigenvalue weighted by Gasteiger charge is -2.18. The fourth-order valence-corrected chi connectivity index (χ4v) is 2.24. The fraction of sp³-hybridized carbons (Fsp3) is 0.462. The summed E-state index contributed by atoms with van der Waals surface area (Å²) in [6, 6.07) is 10.5. The fourth-order valence-electron chi connectivity index (χ4n) is 2.24. The molecule has 1 aliphatic heterocycles. The van der Waals surface area contributed by atoms with Crippen LogP contribution < -0.4 is 11.5 Å². The van der Waals surface area contributed by atoms with Crippen LogP contribution in [0.3, 0.4) is 0 Å². The number of rotatable bonds is 3. The Hall–Kier alpha value is -1.35. The van der Waals surface area contributed by atoms with Gasteiger partial charge in [-0.05, 0) is 17.9 Å². The topological polar surface area (TPSA) is 64.4 Å². The largest absolute Gasteiger partial charge is 0.387 e. The zero-order valence-electron chi connectivity index (χ0n) is 9.63. The summed E-state index contributed by atoms with van der Waals surface area (Å²) in [4.78, 5) is 4.45. The molecule has 0 bridgehead atoms. The predicted molar refractivity (Wildman–Crippen MR) is 67.2 cm³/mol. The van der Waals surface area contributed by atoms with Gasteiger partial charge in [-0.1, -0.05) is 37.3 Å². The molecule has 1 aromatic carbocycles. The van der Waals surface area contributed by atoms with Crippen molar-refractivity contribution in [1.29, 1.82) is 0 Å². The molecule has 0 saturated heterocycles. The molecule has 3 heteroatoms. The van der Waals surface area contributed by atoms with Gasteiger partial charge in [0.1, 0.15) is 0 Å². The van der Waals surface area contributed by atoms with Crippen LogP contribution >= 0.6 is 0 Å². The van der Waals surface area contributed by atoms with Gasteiger partial charge in [-0.3, -0.25) is 4.99 Å². The summed E-state index contributed by atoms with van der Waals surface area (Å²) in [5.74, 6) is 1.30. The van der Waals surface area contributed by atoms with E-state index in [2.05, 4.69) is 24.0 Å². The lowest BCUT2D eigenvalue weighted by Crippen LogP contribution is -2.20. The van der Waals surface area contributed by atoms with Crippen molar-refractivity contribution in [3.8, 4) is 0 Å². The Kier molecular flexibility index (Phi) is 3.25. The maximum Gasteiger partial charge on any atom is 0.0944 e. The van der Waals surface area contributed by atoms with Crippen molar-refractivity contribution in [3.63, 3.8) is 0 Å². The molecule has 2 rings (SSSR count). The summed E-state index contributed by atoms with van der Waals surface area (Å²) in [5.41, 5.74) is 13.1. The Balaban J connectivity index is 2.00. The Morgan fingerprint density at radius 1 is 1.38 bits per heavy atom. The van der Waals surface area contributed by atoms with Crippen LogP contribution in [0, 0.1) is 5.92 Å². The monoisotopic (exact) mass is 217 g/mol. The molecule has 1 aromatic rings. The van der Waals surface area contributed by atoms with E-state index in [1.165, 1.54) is 5.56 Å². The van der Waals surface area contributed by atoms with Crippen LogP contribution in [0.2, 0.25) is 0 Å². The van der Waals surface area contributed by atoms with Crippen molar-refractivity contribution in [2.75, 3.05) is 0 Å². The van der Waals surface area contributed by atoms with E-state index in [1.54, 1.807) is 0 Å². The number of nitrogens with zero attached hydrogens (tertiary/aromatic N) is 1. The van der Waals surface area contributed by atoms with Gasteiger partial charge in [-0.25, -0.2) is 0 Å². The van der Waals surface area contributed by atoms with E-state index >= 15 is 0 Å². The number of nitrogens with two attached hydrogens (primary N) is 2. The summed E-state index contributed by atoms with van der Waals surface area (Å²) in [6.07, 6.45) is 1.79. The van der Waals surface area contributed by atoms with Gasteiger partial charge in [0.25, 0.3) is 0 Å². The molecule has 86 valence electrons. The van der Waals surface area contributed by atoms with E-state index < -0.39 is 0 Å². The zero-order chi connectivity index (χ0) is 11.5. The highest BCUT2D eigenvalue weighted by atomic mass is 14.9. The van der Waals surface area contributed by atoms with Gasteiger partial charge in [0.15, 0.2) is 0 Å². The molecule has 1 unspecified atom stereocenters. The maximum absolute atomic E-state index is 6.17. The molecule has 0 spiro atoms. The van der Waals surface area contributed by atoms with Crippen molar-refractivity contribution in [1.82, 2.24) is 0 Å². The first-order valence-corrected chi connectivity index (χ1v) is 5.79. The SMILES string of the molecule is C[C@@H]1CC(N)=N[C@H]1CC(N)c1ccccc1. The Morgan fingerprint density at radius 2 is 2.06 bits per heavy atom. The van der Waals surface area contributed by atoms with Crippen LogP contribution in [-0.4, -0.2) is 11.9 Å². The molecule has 0 radical (unpaired) electrons. The van der Waals surface area contributed by atoms with Crippen molar-refractivity contribution in [2.24, 2.45) is 22.4 Å². The molecule has 0 amide bonds. The van der Waals surface area contributed by atoms with Crippen LogP contribution in [-0.2, 0) is 0 Å². The summed E-state index contributed by atoms with van der Waals surface area (Å²) >= 11 is 0. The van der Waals surface area contributed by atoms with Gasteiger partial charge in [-0.15, -0.1) is 0 Å². The molecular formula is C13H19N3. The molecular weight excluding hydrogens is 198 g/mol. The summed E-state index contributed by atoms with van der Waals surface area (Å²) in [5, 5.41) is 0. The van der Waals surface area contributed by atoms with Gasteiger partial charge in [0, 0.05) is 12.5 Å². The second kappa shape index (κ2) is 4.66. The summed E-state index contributed by atoms with van der Waals surface area (Å²) < 4.78 is 0. The molecule has 16 heavy (non-hydrogen) atoms. The Labute approximate surface area is 96.6 Å². The first kappa shape index (κ1) is 11.1. The number of hydrogen-bond acceptors (Lipinski definition) is 3. The highest BCUT2D eigenvalue weighted by molar-refractivity contribution is 5.82. The van der Waals surface area contributed by atoms with Crippen molar-refractivity contribution in [3.05, 3.63) is 35.9 Å². The standard InChI is InChI=1S/C13H19N3/c1-9-7-13(15)16-12(9)8-11(14)10-5-3-2-4-6-10/h2-6,9,11-12H,7-8,14H2,1H3,(H2,15,16)/t9-,11?,12+/m1/s1. The second-order valence-electron chi connectivity index (χ2n) is 4.62. The average molecular weight is 217 g/mol. The normalized spacial score (nSPS) is 26.5. The third kappa shape index (κ3) is 2.42. The van der Waals surface area contributed by atoms with Gasteiger partial charge in [-0.2, -0.15) is 0 Å². The molecule has 3 nitrogen and oxygen atoms in total. The smallest absolute Gasteiger partial charge is 0.0944 e. The predicted octanol–water partition coefficient (Wildman–Crippen LogP) is 1.84. The maximum atomic E-state index is 6.17. The average Bonchev–Trinajstić information content (AvgIpc) is 2.59. The van der Waals surface area contributed by atoms with Crippen LogP contribution in [0.1, 0.15) is 31.4 Å². The third-order valence-corrected chi connectivity index (χ3v) is 3.24. The highest BCUT2D eigenvalue weighted by Gasteiger charge is 2.26. The minimum atomic E-state index is 0.0586. The second-order valence-corrected chi connectivity index (χ2v) is 4.62. The molecule has 3 atom stereocenters. The number of hydrogen-bond donors (Lipinski definition) is 2. The zero-order valence-corrected chi connectivity index (χ0v) is 9.63. The van der Waals surface area contributed by atoms with Crippen molar-refractivity contribution in [2.45, 2.75) is 31.8 Å². The van der Waals surface area contributed by atoms with Gasteiger partial charge in [0.05, 0.1) is 11.9 Å². The molecule has 1 heterocycles.